The fourth-order valence-corrected chi connectivity index (χ4v) is 4.30. The third-order valence-corrected chi connectivity index (χ3v) is 5.98. The van der Waals surface area contributed by atoms with Crippen molar-refractivity contribution in [1.82, 2.24) is 0 Å². The topological polar surface area (TPSA) is 17.1 Å². The minimum absolute atomic E-state index is 0.0186. The Labute approximate surface area is 94.1 Å². The molecule has 4 atom stereocenters. The van der Waals surface area contributed by atoms with Crippen molar-refractivity contribution < 1.29 is 4.79 Å². The van der Waals surface area contributed by atoms with E-state index < -0.39 is 0 Å². The van der Waals surface area contributed by atoms with E-state index in [1.54, 1.807) is 0 Å². The van der Waals surface area contributed by atoms with E-state index in [9.17, 15) is 4.79 Å². The van der Waals surface area contributed by atoms with E-state index in [1.807, 2.05) is 6.08 Å². The highest BCUT2D eigenvalue weighted by Gasteiger charge is 2.66. The number of halogens is 1. The van der Waals surface area contributed by atoms with Crippen LogP contribution in [-0.2, 0) is 4.79 Å². The number of rotatable bonds is 2. The number of hydrogen-bond donors (Lipinski definition) is 0. The van der Waals surface area contributed by atoms with Crippen molar-refractivity contribution >= 4 is 21.7 Å². The van der Waals surface area contributed by atoms with Crippen LogP contribution in [0, 0.1) is 17.3 Å². The predicted octanol–water partition coefficient (Wildman–Crippen LogP) is 3.33. The maximum atomic E-state index is 12.2. The van der Waals surface area contributed by atoms with Gasteiger partial charge in [0.1, 0.15) is 5.78 Å². The summed E-state index contributed by atoms with van der Waals surface area (Å²) in [4.78, 5) is 12.2. The molecule has 0 aliphatic heterocycles. The molecule has 2 fully saturated rings. The van der Waals surface area contributed by atoms with Crippen LogP contribution in [0.1, 0.15) is 33.1 Å². The van der Waals surface area contributed by atoms with Crippen LogP contribution in [0.5, 0.6) is 0 Å². The number of alkyl halides is 1. The van der Waals surface area contributed by atoms with Gasteiger partial charge in [-0.1, -0.05) is 28.9 Å². The first-order valence-corrected chi connectivity index (χ1v) is 6.08. The second-order valence-electron chi connectivity index (χ2n) is 5.05. The van der Waals surface area contributed by atoms with E-state index in [0.717, 1.165) is 12.8 Å². The lowest BCUT2D eigenvalue weighted by Crippen LogP contribution is -2.35. The molecule has 0 aromatic heterocycles. The molecule has 0 aromatic rings. The molecule has 78 valence electrons. The summed E-state index contributed by atoms with van der Waals surface area (Å²) in [5.74, 6) is 1.18. The maximum absolute atomic E-state index is 12.2. The highest BCUT2D eigenvalue weighted by atomic mass is 79.9. The summed E-state index contributed by atoms with van der Waals surface area (Å²) in [6.07, 6.45) is 4.96. The zero-order chi connectivity index (χ0) is 10.6. The SMILES string of the molecule is C=CC[C@H]1C(=O)[C@]2(C)CC[C@H]1[C@]2(C)Br. The summed E-state index contributed by atoms with van der Waals surface area (Å²) in [5.41, 5.74) is -0.134. The molecule has 2 aliphatic carbocycles. The highest BCUT2D eigenvalue weighted by Crippen LogP contribution is 2.65. The van der Waals surface area contributed by atoms with E-state index in [1.165, 1.54) is 6.42 Å². The Morgan fingerprint density at radius 2 is 2.29 bits per heavy atom. The summed E-state index contributed by atoms with van der Waals surface area (Å²) in [5, 5.41) is 0. The van der Waals surface area contributed by atoms with Crippen molar-refractivity contribution in [2.45, 2.75) is 37.4 Å². The van der Waals surface area contributed by atoms with Gasteiger partial charge >= 0.3 is 0 Å². The molecule has 0 spiro atoms. The number of Topliss-reactive ketones (excluding diaryl/α,β-unsaturated/α-hetero) is 1. The fourth-order valence-electron chi connectivity index (χ4n) is 3.35. The summed E-state index contributed by atoms with van der Waals surface area (Å²) in [6, 6.07) is 0. The highest BCUT2D eigenvalue weighted by molar-refractivity contribution is 9.10. The molecule has 2 bridgehead atoms. The van der Waals surface area contributed by atoms with Gasteiger partial charge in [0.2, 0.25) is 0 Å². The van der Waals surface area contributed by atoms with E-state index in [4.69, 9.17) is 0 Å². The van der Waals surface area contributed by atoms with E-state index in [-0.39, 0.29) is 15.7 Å². The van der Waals surface area contributed by atoms with Crippen LogP contribution in [0.4, 0.5) is 0 Å². The molecule has 14 heavy (non-hydrogen) atoms. The van der Waals surface area contributed by atoms with E-state index >= 15 is 0 Å². The first-order valence-electron chi connectivity index (χ1n) is 5.29. The quantitative estimate of drug-likeness (QED) is 0.547. The van der Waals surface area contributed by atoms with Gasteiger partial charge in [-0.25, -0.2) is 0 Å². The largest absolute Gasteiger partial charge is 0.299 e. The molecular weight excluding hydrogens is 240 g/mol. The molecule has 2 saturated carbocycles. The lowest BCUT2D eigenvalue weighted by molar-refractivity contribution is -0.130. The van der Waals surface area contributed by atoms with Crippen molar-refractivity contribution in [3.63, 3.8) is 0 Å². The number of hydrogen-bond acceptors (Lipinski definition) is 1. The van der Waals surface area contributed by atoms with Crippen LogP contribution in [0.15, 0.2) is 12.7 Å². The number of fused-ring (bicyclic) bond motifs is 2. The first-order chi connectivity index (χ1) is 6.45. The van der Waals surface area contributed by atoms with Gasteiger partial charge in [-0.15, -0.1) is 6.58 Å². The third-order valence-electron chi connectivity index (χ3n) is 4.52. The molecule has 0 heterocycles. The van der Waals surface area contributed by atoms with Crippen molar-refractivity contribution in [2.24, 2.45) is 17.3 Å². The Bertz CT molecular complexity index is 295. The molecule has 0 radical (unpaired) electrons. The number of allylic oxidation sites excluding steroid dienone is 1. The van der Waals surface area contributed by atoms with Gasteiger partial charge in [0, 0.05) is 15.7 Å². The standard InChI is InChI=1S/C12H17BrO/c1-4-5-8-9-6-7-11(2,10(8)14)12(9,3)13/h4,8-9H,1,5-7H2,2-3H3/t8-,9-,11+,12+/m1/s1. The minimum atomic E-state index is -0.134. The maximum Gasteiger partial charge on any atom is 0.143 e. The van der Waals surface area contributed by atoms with Gasteiger partial charge in [0.05, 0.1) is 0 Å². The van der Waals surface area contributed by atoms with E-state index in [2.05, 4.69) is 36.4 Å². The van der Waals surface area contributed by atoms with Crippen molar-refractivity contribution in [1.29, 1.82) is 0 Å². The Hall–Kier alpha value is -0.110. The number of carbonyl (C=O) groups excluding carboxylic acids is 1. The average Bonchev–Trinajstić information content (AvgIpc) is 2.41. The number of ketones is 1. The van der Waals surface area contributed by atoms with Crippen LogP contribution < -0.4 is 0 Å². The molecule has 0 aromatic carbocycles. The van der Waals surface area contributed by atoms with Crippen LogP contribution in [0.3, 0.4) is 0 Å². The van der Waals surface area contributed by atoms with Gasteiger partial charge in [-0.05, 0) is 32.1 Å². The van der Waals surface area contributed by atoms with Crippen LogP contribution in [0.2, 0.25) is 0 Å². The minimum Gasteiger partial charge on any atom is -0.299 e. The van der Waals surface area contributed by atoms with Crippen LogP contribution >= 0.6 is 15.9 Å². The predicted molar refractivity (Wildman–Crippen MR) is 61.5 cm³/mol. The zero-order valence-electron chi connectivity index (χ0n) is 8.85. The molecule has 0 unspecified atom stereocenters. The molecular formula is C12H17BrO. The Morgan fingerprint density at radius 1 is 1.64 bits per heavy atom. The van der Waals surface area contributed by atoms with Gasteiger partial charge in [0.25, 0.3) is 0 Å². The normalized spacial score (nSPS) is 51.2. The molecule has 0 saturated heterocycles. The van der Waals surface area contributed by atoms with Crippen LogP contribution in [-0.4, -0.2) is 10.1 Å². The smallest absolute Gasteiger partial charge is 0.143 e. The molecule has 0 amide bonds. The zero-order valence-corrected chi connectivity index (χ0v) is 10.4. The van der Waals surface area contributed by atoms with Crippen molar-refractivity contribution in [3.8, 4) is 0 Å². The molecule has 0 N–H and O–H groups in total. The second kappa shape index (κ2) is 2.94. The Morgan fingerprint density at radius 3 is 2.71 bits per heavy atom. The van der Waals surface area contributed by atoms with Crippen molar-refractivity contribution in [2.75, 3.05) is 0 Å². The Balaban J connectivity index is 2.38. The fraction of sp³-hybridized carbons (Fsp3) is 0.750. The summed E-state index contributed by atoms with van der Waals surface area (Å²) in [7, 11) is 0. The van der Waals surface area contributed by atoms with E-state index in [0.29, 0.717) is 11.7 Å². The van der Waals surface area contributed by atoms with Crippen LogP contribution in [0.25, 0.3) is 0 Å². The lowest BCUT2D eigenvalue weighted by Gasteiger charge is -2.30. The van der Waals surface area contributed by atoms with Gasteiger partial charge < -0.3 is 0 Å². The molecule has 2 heteroatoms. The van der Waals surface area contributed by atoms with Crippen molar-refractivity contribution in [3.05, 3.63) is 12.7 Å². The average molecular weight is 257 g/mol. The third kappa shape index (κ3) is 0.982. The summed E-state index contributed by atoms with van der Waals surface area (Å²) < 4.78 is 0.0186. The monoisotopic (exact) mass is 256 g/mol. The van der Waals surface area contributed by atoms with Gasteiger partial charge in [-0.3, -0.25) is 4.79 Å². The van der Waals surface area contributed by atoms with Gasteiger partial charge in [-0.2, -0.15) is 0 Å². The summed E-state index contributed by atoms with van der Waals surface area (Å²) >= 11 is 3.79. The first kappa shape index (κ1) is 10.4. The summed E-state index contributed by atoms with van der Waals surface area (Å²) in [6.45, 7) is 8.05. The molecule has 2 rings (SSSR count). The lowest BCUT2D eigenvalue weighted by atomic mass is 9.78. The molecule has 1 nitrogen and oxygen atoms in total. The van der Waals surface area contributed by atoms with Gasteiger partial charge in [0.15, 0.2) is 0 Å². The molecule has 2 aliphatic rings. The number of carbonyl (C=O) groups is 1. The Kier molecular flexibility index (Phi) is 2.19. The second-order valence-corrected chi connectivity index (χ2v) is 6.70.